The molecule has 2 heterocycles. The van der Waals surface area contributed by atoms with Gasteiger partial charge < -0.3 is 10.1 Å². The number of ether oxygens (including phenoxy) is 1. The van der Waals surface area contributed by atoms with E-state index in [0.29, 0.717) is 13.2 Å². The molecule has 2 saturated heterocycles. The molecule has 0 saturated carbocycles. The average Bonchev–Trinajstić information content (AvgIpc) is 2.60. The lowest BCUT2D eigenvalue weighted by Crippen LogP contribution is -2.50. The third-order valence-corrected chi connectivity index (χ3v) is 2.58. The van der Waals surface area contributed by atoms with Gasteiger partial charge in [0, 0.05) is 6.61 Å². The van der Waals surface area contributed by atoms with Gasteiger partial charge in [-0.05, 0) is 13.3 Å². The first kappa shape index (κ1) is 8.50. The highest BCUT2D eigenvalue weighted by molar-refractivity contribution is 6.02. The van der Waals surface area contributed by atoms with Crippen LogP contribution >= 0.6 is 0 Å². The van der Waals surface area contributed by atoms with Crippen LogP contribution in [-0.4, -0.2) is 42.1 Å². The fourth-order valence-corrected chi connectivity index (χ4v) is 1.80. The highest BCUT2D eigenvalue weighted by atomic mass is 16.5. The zero-order chi connectivity index (χ0) is 9.47. The first-order valence-electron chi connectivity index (χ1n) is 4.32. The summed E-state index contributed by atoms with van der Waals surface area (Å²) in [5, 5.41) is 2.50. The summed E-state index contributed by atoms with van der Waals surface area (Å²) >= 11 is 0. The van der Waals surface area contributed by atoms with Gasteiger partial charge in [-0.3, -0.25) is 9.69 Å². The average molecular weight is 184 g/mol. The number of hydrogen-bond acceptors (Lipinski definition) is 3. The van der Waals surface area contributed by atoms with E-state index >= 15 is 0 Å². The second-order valence-electron chi connectivity index (χ2n) is 3.69. The number of amides is 3. The lowest BCUT2D eigenvalue weighted by atomic mass is 10.00. The van der Waals surface area contributed by atoms with Crippen molar-refractivity contribution in [1.82, 2.24) is 10.2 Å². The van der Waals surface area contributed by atoms with Crippen LogP contribution in [0.15, 0.2) is 0 Å². The highest BCUT2D eigenvalue weighted by Gasteiger charge is 2.45. The Bertz CT molecular complexity index is 242. The smallest absolute Gasteiger partial charge is 0.325 e. The molecule has 1 unspecified atom stereocenters. The third kappa shape index (κ3) is 1.19. The summed E-state index contributed by atoms with van der Waals surface area (Å²) in [6, 6.07) is -0.294. The van der Waals surface area contributed by atoms with Crippen LogP contribution < -0.4 is 5.32 Å². The van der Waals surface area contributed by atoms with Gasteiger partial charge in [0.05, 0.1) is 18.7 Å². The molecule has 13 heavy (non-hydrogen) atoms. The van der Waals surface area contributed by atoms with Crippen molar-refractivity contribution >= 4 is 11.9 Å². The summed E-state index contributed by atoms with van der Waals surface area (Å²) < 4.78 is 5.20. The minimum Gasteiger partial charge on any atom is -0.379 e. The maximum Gasteiger partial charge on any atom is 0.325 e. The number of nitrogens with one attached hydrogen (secondary N) is 1. The van der Waals surface area contributed by atoms with Gasteiger partial charge in [-0.1, -0.05) is 0 Å². The molecule has 0 spiro atoms. The van der Waals surface area contributed by atoms with Gasteiger partial charge >= 0.3 is 6.03 Å². The van der Waals surface area contributed by atoms with Crippen LogP contribution in [0.5, 0.6) is 0 Å². The van der Waals surface area contributed by atoms with E-state index in [4.69, 9.17) is 4.74 Å². The van der Waals surface area contributed by atoms with Crippen molar-refractivity contribution in [3.63, 3.8) is 0 Å². The van der Waals surface area contributed by atoms with E-state index in [0.717, 1.165) is 6.42 Å². The van der Waals surface area contributed by atoms with Gasteiger partial charge in [-0.15, -0.1) is 0 Å². The molecule has 5 nitrogen and oxygen atoms in total. The molecule has 0 aromatic heterocycles. The summed E-state index contributed by atoms with van der Waals surface area (Å²) in [5.74, 6) is -0.155. The van der Waals surface area contributed by atoms with Crippen LogP contribution in [0.2, 0.25) is 0 Å². The molecule has 2 fully saturated rings. The van der Waals surface area contributed by atoms with Gasteiger partial charge in [0.15, 0.2) is 0 Å². The van der Waals surface area contributed by atoms with Crippen LogP contribution in [0.25, 0.3) is 0 Å². The van der Waals surface area contributed by atoms with E-state index in [1.165, 1.54) is 4.90 Å². The van der Waals surface area contributed by atoms with Crippen molar-refractivity contribution in [1.29, 1.82) is 0 Å². The fraction of sp³-hybridized carbons (Fsp3) is 0.750. The number of imide groups is 1. The summed E-state index contributed by atoms with van der Waals surface area (Å²) in [5.41, 5.74) is -0.433. The Morgan fingerprint density at radius 1 is 1.54 bits per heavy atom. The fourth-order valence-electron chi connectivity index (χ4n) is 1.80. The van der Waals surface area contributed by atoms with E-state index in [2.05, 4.69) is 5.32 Å². The Morgan fingerprint density at radius 2 is 2.31 bits per heavy atom. The van der Waals surface area contributed by atoms with Crippen molar-refractivity contribution in [2.45, 2.75) is 18.9 Å². The molecular weight excluding hydrogens is 172 g/mol. The van der Waals surface area contributed by atoms with Gasteiger partial charge in [0.25, 0.3) is 5.91 Å². The van der Waals surface area contributed by atoms with E-state index in [1.54, 1.807) is 0 Å². The first-order valence-corrected chi connectivity index (χ1v) is 4.32. The van der Waals surface area contributed by atoms with Crippen molar-refractivity contribution in [2.75, 3.05) is 19.8 Å². The largest absolute Gasteiger partial charge is 0.379 e. The Morgan fingerprint density at radius 3 is 2.77 bits per heavy atom. The summed E-state index contributed by atoms with van der Waals surface area (Å²) in [6.45, 7) is 3.07. The van der Waals surface area contributed by atoms with Gasteiger partial charge in [0.2, 0.25) is 0 Å². The number of nitrogens with zero attached hydrogens (tertiary/aromatic N) is 1. The van der Waals surface area contributed by atoms with E-state index in [-0.39, 0.29) is 18.5 Å². The second-order valence-corrected chi connectivity index (χ2v) is 3.69. The monoisotopic (exact) mass is 184 g/mol. The Balaban J connectivity index is 2.22. The van der Waals surface area contributed by atoms with E-state index in [9.17, 15) is 9.59 Å². The number of rotatable bonds is 1. The lowest BCUT2D eigenvalue weighted by Gasteiger charge is -2.30. The van der Waals surface area contributed by atoms with Crippen LogP contribution in [0, 0.1) is 0 Å². The zero-order valence-electron chi connectivity index (χ0n) is 7.50. The standard InChI is InChI=1S/C8H12N2O3/c1-8(2-3-13-5-8)10-6(11)4-9-7(10)12/h2-5H2,1H3,(H,9,12). The number of hydrogen-bond donors (Lipinski definition) is 1. The molecule has 0 aliphatic carbocycles. The maximum atomic E-state index is 11.4. The van der Waals surface area contributed by atoms with Gasteiger partial charge in [-0.2, -0.15) is 0 Å². The molecule has 0 bridgehead atoms. The Hall–Kier alpha value is -1.10. The van der Waals surface area contributed by atoms with Gasteiger partial charge in [0.1, 0.15) is 0 Å². The van der Waals surface area contributed by atoms with Crippen molar-refractivity contribution in [3.05, 3.63) is 0 Å². The maximum absolute atomic E-state index is 11.4. The normalized spacial score (nSPS) is 34.1. The molecule has 1 N–H and O–H groups in total. The molecule has 72 valence electrons. The molecule has 5 heteroatoms. The van der Waals surface area contributed by atoms with Crippen LogP contribution in [-0.2, 0) is 9.53 Å². The lowest BCUT2D eigenvalue weighted by molar-refractivity contribution is -0.129. The molecule has 0 radical (unpaired) electrons. The molecule has 2 aliphatic rings. The molecular formula is C8H12N2O3. The minimum absolute atomic E-state index is 0.119. The predicted octanol–water partition coefficient (Wildman–Crippen LogP) is -0.283. The molecule has 1 atom stereocenters. The van der Waals surface area contributed by atoms with Crippen molar-refractivity contribution in [2.24, 2.45) is 0 Å². The molecule has 0 aromatic rings. The summed E-state index contributed by atoms with van der Waals surface area (Å²) in [6.07, 6.45) is 0.728. The van der Waals surface area contributed by atoms with Crippen molar-refractivity contribution < 1.29 is 14.3 Å². The topological polar surface area (TPSA) is 58.6 Å². The summed E-state index contributed by atoms with van der Waals surface area (Å²) in [7, 11) is 0. The predicted molar refractivity (Wildman–Crippen MR) is 44.1 cm³/mol. The SMILES string of the molecule is CC1(N2C(=O)CNC2=O)CCOC1. The highest BCUT2D eigenvalue weighted by Crippen LogP contribution is 2.27. The molecule has 0 aromatic carbocycles. The van der Waals surface area contributed by atoms with E-state index < -0.39 is 5.54 Å². The third-order valence-electron chi connectivity index (χ3n) is 2.58. The number of urea groups is 1. The molecule has 3 amide bonds. The minimum atomic E-state index is -0.433. The number of carbonyl (C=O) groups excluding carboxylic acids is 2. The van der Waals surface area contributed by atoms with Crippen LogP contribution in [0.3, 0.4) is 0 Å². The first-order chi connectivity index (χ1) is 6.13. The van der Waals surface area contributed by atoms with E-state index in [1.807, 2.05) is 6.92 Å². The Kier molecular flexibility index (Phi) is 1.76. The Labute approximate surface area is 76.0 Å². The number of carbonyl (C=O) groups is 2. The van der Waals surface area contributed by atoms with Crippen LogP contribution in [0.4, 0.5) is 4.79 Å². The zero-order valence-corrected chi connectivity index (χ0v) is 7.50. The quantitative estimate of drug-likeness (QED) is 0.570. The van der Waals surface area contributed by atoms with Crippen molar-refractivity contribution in [3.8, 4) is 0 Å². The van der Waals surface area contributed by atoms with Crippen LogP contribution in [0.1, 0.15) is 13.3 Å². The molecule has 2 aliphatic heterocycles. The molecule has 2 rings (SSSR count). The van der Waals surface area contributed by atoms with Gasteiger partial charge in [-0.25, -0.2) is 4.79 Å². The second kappa shape index (κ2) is 2.70. The summed E-state index contributed by atoms with van der Waals surface area (Å²) in [4.78, 5) is 24.0.